The minimum Gasteiger partial charge on any atom is -0.286 e. The van der Waals surface area contributed by atoms with Gasteiger partial charge in [-0.05, 0) is 75.8 Å². The second-order valence-corrected chi connectivity index (χ2v) is 11.1. The summed E-state index contributed by atoms with van der Waals surface area (Å²) < 4.78 is 2.99. The van der Waals surface area contributed by atoms with Crippen molar-refractivity contribution in [1.82, 2.24) is 14.8 Å². The fourth-order valence-electron chi connectivity index (χ4n) is 3.81. The standard InChI is InChI=1S/C26H29ClN4OS2/c1-17-7-9-21(10-8-17)33-15-5-6-24(32)30(13-14-31-19(3)16-18(2)29-31)26-28-25-20(4)22(27)11-12-23(25)34-26/h7-12,16H,5-6,13-15H2,1-4H3. The molecular formula is C26H29ClN4OS2. The maximum absolute atomic E-state index is 13.4. The summed E-state index contributed by atoms with van der Waals surface area (Å²) in [6, 6.07) is 14.4. The van der Waals surface area contributed by atoms with Gasteiger partial charge in [0.15, 0.2) is 5.13 Å². The Bertz CT molecular complexity index is 1300. The molecule has 2 heterocycles. The van der Waals surface area contributed by atoms with Crippen LogP contribution in [0.4, 0.5) is 5.13 Å². The first-order valence-electron chi connectivity index (χ1n) is 11.4. The second-order valence-electron chi connectivity index (χ2n) is 8.48. The first kappa shape index (κ1) is 24.8. The Labute approximate surface area is 214 Å². The number of hydrogen-bond donors (Lipinski definition) is 0. The monoisotopic (exact) mass is 512 g/mol. The number of anilines is 1. The molecule has 1 amide bonds. The number of aromatic nitrogens is 3. The van der Waals surface area contributed by atoms with E-state index >= 15 is 0 Å². The Balaban J connectivity index is 1.48. The predicted octanol–water partition coefficient (Wildman–Crippen LogP) is 6.99. The molecule has 0 atom stereocenters. The highest BCUT2D eigenvalue weighted by atomic mass is 35.5. The van der Waals surface area contributed by atoms with Crippen LogP contribution in [-0.4, -0.2) is 33.0 Å². The van der Waals surface area contributed by atoms with Gasteiger partial charge in [0.1, 0.15) is 0 Å². The van der Waals surface area contributed by atoms with E-state index in [1.807, 2.05) is 42.5 Å². The van der Waals surface area contributed by atoms with Gasteiger partial charge >= 0.3 is 0 Å². The molecule has 0 radical (unpaired) electrons. The molecular weight excluding hydrogens is 484 g/mol. The lowest BCUT2D eigenvalue weighted by atomic mass is 10.2. The van der Waals surface area contributed by atoms with Gasteiger partial charge in [0, 0.05) is 28.6 Å². The van der Waals surface area contributed by atoms with Crippen molar-refractivity contribution in [2.45, 2.75) is 52.0 Å². The first-order valence-corrected chi connectivity index (χ1v) is 13.6. The molecule has 0 unspecified atom stereocenters. The van der Waals surface area contributed by atoms with E-state index in [2.05, 4.69) is 42.4 Å². The van der Waals surface area contributed by atoms with Crippen molar-refractivity contribution < 1.29 is 4.79 Å². The lowest BCUT2D eigenvalue weighted by molar-refractivity contribution is -0.118. The van der Waals surface area contributed by atoms with Crippen LogP contribution in [0.1, 0.15) is 35.4 Å². The van der Waals surface area contributed by atoms with E-state index in [0.717, 1.165) is 44.5 Å². The van der Waals surface area contributed by atoms with Crippen molar-refractivity contribution in [1.29, 1.82) is 0 Å². The summed E-state index contributed by atoms with van der Waals surface area (Å²) in [6.07, 6.45) is 1.29. The molecule has 0 aliphatic rings. The van der Waals surface area contributed by atoms with Crippen molar-refractivity contribution in [2.24, 2.45) is 0 Å². The molecule has 2 aromatic carbocycles. The number of nitrogens with zero attached hydrogens (tertiary/aromatic N) is 4. The minimum atomic E-state index is 0.0915. The van der Waals surface area contributed by atoms with Gasteiger partial charge in [-0.1, -0.05) is 40.6 Å². The van der Waals surface area contributed by atoms with Gasteiger partial charge in [0.2, 0.25) is 5.91 Å². The average Bonchev–Trinajstić information content (AvgIpc) is 3.38. The van der Waals surface area contributed by atoms with E-state index in [1.165, 1.54) is 21.8 Å². The molecule has 4 rings (SSSR count). The van der Waals surface area contributed by atoms with Crippen LogP contribution in [-0.2, 0) is 11.3 Å². The van der Waals surface area contributed by atoms with E-state index in [1.54, 1.807) is 11.8 Å². The summed E-state index contributed by atoms with van der Waals surface area (Å²) in [6.45, 7) is 9.23. The van der Waals surface area contributed by atoms with Crippen molar-refractivity contribution in [3.63, 3.8) is 0 Å². The summed E-state index contributed by atoms with van der Waals surface area (Å²) >= 11 is 9.64. The van der Waals surface area contributed by atoms with Crippen molar-refractivity contribution in [3.8, 4) is 0 Å². The molecule has 0 aliphatic carbocycles. The van der Waals surface area contributed by atoms with Gasteiger partial charge in [-0.2, -0.15) is 5.10 Å². The van der Waals surface area contributed by atoms with Crippen LogP contribution < -0.4 is 4.90 Å². The van der Waals surface area contributed by atoms with Gasteiger partial charge in [-0.15, -0.1) is 11.8 Å². The number of halogens is 1. The molecule has 2 aromatic heterocycles. The average molecular weight is 513 g/mol. The third-order valence-electron chi connectivity index (χ3n) is 5.73. The zero-order valence-electron chi connectivity index (χ0n) is 20.0. The maximum atomic E-state index is 13.4. The van der Waals surface area contributed by atoms with Crippen LogP contribution in [0.2, 0.25) is 5.02 Å². The number of benzene rings is 2. The number of amides is 1. The molecule has 34 heavy (non-hydrogen) atoms. The number of rotatable bonds is 9. The fraction of sp³-hybridized carbons (Fsp3) is 0.346. The van der Waals surface area contributed by atoms with E-state index in [-0.39, 0.29) is 5.91 Å². The fourth-order valence-corrected chi connectivity index (χ4v) is 5.88. The molecule has 4 aromatic rings. The number of fused-ring (bicyclic) bond motifs is 1. The summed E-state index contributed by atoms with van der Waals surface area (Å²) in [5, 5.41) is 5.97. The van der Waals surface area contributed by atoms with Crippen LogP contribution in [0.5, 0.6) is 0 Å². The zero-order chi connectivity index (χ0) is 24.2. The van der Waals surface area contributed by atoms with Crippen molar-refractivity contribution >= 4 is 56.0 Å². The third-order valence-corrected chi connectivity index (χ3v) is 8.28. The number of aryl methyl sites for hydroxylation is 4. The molecule has 0 N–H and O–H groups in total. The quantitative estimate of drug-likeness (QED) is 0.179. The molecule has 5 nitrogen and oxygen atoms in total. The first-order chi connectivity index (χ1) is 16.3. The van der Waals surface area contributed by atoms with Crippen molar-refractivity contribution in [2.75, 3.05) is 17.2 Å². The van der Waals surface area contributed by atoms with E-state index < -0.39 is 0 Å². The maximum Gasteiger partial charge on any atom is 0.228 e. The normalized spacial score (nSPS) is 11.3. The Hall–Kier alpha value is -2.35. The van der Waals surface area contributed by atoms with Crippen LogP contribution in [0.3, 0.4) is 0 Å². The highest BCUT2D eigenvalue weighted by Gasteiger charge is 2.21. The summed E-state index contributed by atoms with van der Waals surface area (Å²) in [5.74, 6) is 0.989. The number of carbonyl (C=O) groups is 1. The molecule has 0 spiro atoms. The van der Waals surface area contributed by atoms with Crippen LogP contribution >= 0.6 is 34.7 Å². The molecule has 0 aliphatic heterocycles. The largest absolute Gasteiger partial charge is 0.286 e. The van der Waals surface area contributed by atoms with Gasteiger partial charge in [0.25, 0.3) is 0 Å². The van der Waals surface area contributed by atoms with E-state index in [4.69, 9.17) is 16.6 Å². The molecule has 0 fully saturated rings. The van der Waals surface area contributed by atoms with E-state index in [9.17, 15) is 4.79 Å². The van der Waals surface area contributed by atoms with Gasteiger partial charge in [-0.3, -0.25) is 14.4 Å². The highest BCUT2D eigenvalue weighted by molar-refractivity contribution is 7.99. The van der Waals surface area contributed by atoms with Crippen molar-refractivity contribution in [3.05, 3.63) is 70.0 Å². The minimum absolute atomic E-state index is 0.0915. The Kier molecular flexibility index (Phi) is 7.96. The zero-order valence-corrected chi connectivity index (χ0v) is 22.4. The summed E-state index contributed by atoms with van der Waals surface area (Å²) in [7, 11) is 0. The van der Waals surface area contributed by atoms with E-state index in [0.29, 0.717) is 24.5 Å². The van der Waals surface area contributed by atoms with Crippen LogP contribution in [0.25, 0.3) is 10.2 Å². The van der Waals surface area contributed by atoms with Crippen LogP contribution in [0, 0.1) is 27.7 Å². The number of hydrogen-bond acceptors (Lipinski definition) is 5. The topological polar surface area (TPSA) is 51.0 Å². The third kappa shape index (κ3) is 5.82. The predicted molar refractivity (Wildman–Crippen MR) is 145 cm³/mol. The molecule has 0 saturated carbocycles. The second kappa shape index (κ2) is 10.9. The SMILES string of the molecule is Cc1ccc(SCCCC(=O)N(CCn2nc(C)cc2C)c2nc3c(C)c(Cl)ccc3s2)cc1. The highest BCUT2D eigenvalue weighted by Crippen LogP contribution is 2.34. The lowest BCUT2D eigenvalue weighted by Crippen LogP contribution is -2.34. The Morgan fingerprint density at radius 2 is 1.88 bits per heavy atom. The molecule has 8 heteroatoms. The van der Waals surface area contributed by atoms with Crippen LogP contribution in [0.15, 0.2) is 47.4 Å². The molecule has 178 valence electrons. The smallest absolute Gasteiger partial charge is 0.228 e. The Morgan fingerprint density at radius 1 is 1.12 bits per heavy atom. The number of thioether (sulfide) groups is 1. The summed E-state index contributed by atoms with van der Waals surface area (Å²) in [4.78, 5) is 21.2. The van der Waals surface area contributed by atoms with Gasteiger partial charge in [0.05, 0.1) is 22.5 Å². The summed E-state index contributed by atoms with van der Waals surface area (Å²) in [5.41, 5.74) is 5.14. The lowest BCUT2D eigenvalue weighted by Gasteiger charge is -2.20. The van der Waals surface area contributed by atoms with Gasteiger partial charge < -0.3 is 0 Å². The molecule has 0 bridgehead atoms. The van der Waals surface area contributed by atoms with Gasteiger partial charge in [-0.25, -0.2) is 4.98 Å². The molecule has 0 saturated heterocycles. The Morgan fingerprint density at radius 3 is 2.59 bits per heavy atom. The number of thiazole rings is 1. The number of carbonyl (C=O) groups excluding carboxylic acids is 1.